The van der Waals surface area contributed by atoms with Gasteiger partial charge in [0, 0.05) is 12.1 Å². The molecule has 1 aromatic carbocycles. The fourth-order valence-electron chi connectivity index (χ4n) is 3.02. The van der Waals surface area contributed by atoms with Crippen molar-refractivity contribution in [3.8, 4) is 5.75 Å². The first-order valence-corrected chi connectivity index (χ1v) is 7.80. The van der Waals surface area contributed by atoms with Crippen molar-refractivity contribution in [2.75, 3.05) is 7.11 Å². The molecule has 3 heteroatoms. The maximum absolute atomic E-state index is 13.8. The summed E-state index contributed by atoms with van der Waals surface area (Å²) in [7, 11) is 1.49. The Kier molecular flexibility index (Phi) is 5.84. The molecular formula is C17H26FNO. The molecule has 112 valence electrons. The average Bonchev–Trinajstić information content (AvgIpc) is 2.41. The third kappa shape index (κ3) is 4.20. The highest BCUT2D eigenvalue weighted by Gasteiger charge is 2.16. The zero-order chi connectivity index (χ0) is 14.4. The van der Waals surface area contributed by atoms with Crippen LogP contribution in [0.5, 0.6) is 5.75 Å². The number of rotatable bonds is 4. The van der Waals surface area contributed by atoms with E-state index in [0.717, 1.165) is 5.56 Å². The van der Waals surface area contributed by atoms with Gasteiger partial charge in [0.2, 0.25) is 0 Å². The van der Waals surface area contributed by atoms with Crippen LogP contribution in [0.4, 0.5) is 4.39 Å². The van der Waals surface area contributed by atoms with Crippen molar-refractivity contribution in [1.29, 1.82) is 0 Å². The Bertz CT molecular complexity index is 413. The summed E-state index contributed by atoms with van der Waals surface area (Å²) < 4.78 is 18.7. The number of ether oxygens (including phenoxy) is 1. The molecule has 1 aromatic rings. The number of methoxy groups -OCH3 is 1. The monoisotopic (exact) mass is 279 g/mol. The number of nitrogens with one attached hydrogen (secondary N) is 1. The van der Waals surface area contributed by atoms with Crippen LogP contribution in [0.15, 0.2) is 18.2 Å². The van der Waals surface area contributed by atoms with Crippen LogP contribution in [0.25, 0.3) is 0 Å². The Labute approximate surface area is 121 Å². The van der Waals surface area contributed by atoms with E-state index in [1.807, 2.05) is 6.07 Å². The second-order valence-corrected chi connectivity index (χ2v) is 5.82. The van der Waals surface area contributed by atoms with Crippen LogP contribution in [0, 0.1) is 5.82 Å². The van der Waals surface area contributed by atoms with Gasteiger partial charge in [0.15, 0.2) is 11.6 Å². The van der Waals surface area contributed by atoms with Crippen LogP contribution in [-0.2, 0) is 0 Å². The Balaban J connectivity index is 1.95. The highest BCUT2D eigenvalue weighted by atomic mass is 19.1. The predicted molar refractivity (Wildman–Crippen MR) is 80.6 cm³/mol. The molecule has 1 aliphatic carbocycles. The van der Waals surface area contributed by atoms with Gasteiger partial charge in [-0.25, -0.2) is 4.39 Å². The highest BCUT2D eigenvalue weighted by Crippen LogP contribution is 2.24. The predicted octanol–water partition coefficient (Wildman–Crippen LogP) is 4.60. The minimum atomic E-state index is -0.281. The summed E-state index contributed by atoms with van der Waals surface area (Å²) in [5.41, 5.74) is 0.991. The summed E-state index contributed by atoms with van der Waals surface area (Å²) in [6.45, 7) is 2.11. The van der Waals surface area contributed by atoms with E-state index >= 15 is 0 Å². The Morgan fingerprint density at radius 3 is 2.40 bits per heavy atom. The van der Waals surface area contributed by atoms with Crippen LogP contribution in [-0.4, -0.2) is 13.2 Å². The van der Waals surface area contributed by atoms with E-state index in [0.29, 0.717) is 11.8 Å². The maximum Gasteiger partial charge on any atom is 0.165 e. The quantitative estimate of drug-likeness (QED) is 0.870. The molecule has 0 radical (unpaired) electrons. The summed E-state index contributed by atoms with van der Waals surface area (Å²) in [6.07, 6.45) is 9.17. The van der Waals surface area contributed by atoms with E-state index < -0.39 is 0 Å². The molecule has 0 spiro atoms. The molecule has 2 nitrogen and oxygen atoms in total. The Morgan fingerprint density at radius 2 is 1.80 bits per heavy atom. The second kappa shape index (κ2) is 7.63. The number of halogens is 1. The van der Waals surface area contributed by atoms with Crippen LogP contribution >= 0.6 is 0 Å². The van der Waals surface area contributed by atoms with Gasteiger partial charge in [-0.05, 0) is 37.5 Å². The summed E-state index contributed by atoms with van der Waals surface area (Å²) in [6, 6.07) is 5.98. The third-order valence-corrected chi connectivity index (χ3v) is 4.27. The average molecular weight is 279 g/mol. The number of benzene rings is 1. The fraction of sp³-hybridized carbons (Fsp3) is 0.647. The lowest BCUT2D eigenvalue weighted by Crippen LogP contribution is -2.32. The van der Waals surface area contributed by atoms with Crippen LogP contribution in [0.2, 0.25) is 0 Å². The minimum absolute atomic E-state index is 0.180. The topological polar surface area (TPSA) is 21.3 Å². The Morgan fingerprint density at radius 1 is 1.15 bits per heavy atom. The molecule has 1 atom stereocenters. The van der Waals surface area contributed by atoms with Gasteiger partial charge >= 0.3 is 0 Å². The largest absolute Gasteiger partial charge is 0.494 e. The van der Waals surface area contributed by atoms with Gasteiger partial charge in [-0.1, -0.05) is 38.2 Å². The van der Waals surface area contributed by atoms with Crippen molar-refractivity contribution in [3.05, 3.63) is 29.6 Å². The van der Waals surface area contributed by atoms with Gasteiger partial charge < -0.3 is 10.1 Å². The summed E-state index contributed by atoms with van der Waals surface area (Å²) in [4.78, 5) is 0. The standard InChI is InChI=1S/C17H26FNO/c1-13(14-10-11-17(20-2)16(18)12-14)19-15-8-6-4-3-5-7-9-15/h10-13,15,19H,3-9H2,1-2H3. The van der Waals surface area contributed by atoms with Crippen molar-refractivity contribution in [1.82, 2.24) is 5.32 Å². The molecule has 0 heterocycles. The molecule has 0 bridgehead atoms. The first-order valence-electron chi connectivity index (χ1n) is 7.80. The second-order valence-electron chi connectivity index (χ2n) is 5.82. The van der Waals surface area contributed by atoms with Crippen LogP contribution in [0.1, 0.15) is 63.5 Å². The SMILES string of the molecule is COc1ccc(C(C)NC2CCCCCCC2)cc1F. The van der Waals surface area contributed by atoms with Crippen molar-refractivity contribution in [2.45, 2.75) is 64.0 Å². The molecule has 0 saturated heterocycles. The van der Waals surface area contributed by atoms with Gasteiger partial charge in [0.05, 0.1) is 7.11 Å². The molecule has 1 aliphatic rings. The minimum Gasteiger partial charge on any atom is -0.494 e. The summed E-state index contributed by atoms with van der Waals surface area (Å²) >= 11 is 0. The molecule has 0 aromatic heterocycles. The first-order chi connectivity index (χ1) is 9.70. The maximum atomic E-state index is 13.8. The fourth-order valence-corrected chi connectivity index (χ4v) is 3.02. The van der Waals surface area contributed by atoms with E-state index in [4.69, 9.17) is 4.74 Å². The molecule has 1 N–H and O–H groups in total. The van der Waals surface area contributed by atoms with Gasteiger partial charge in [0.25, 0.3) is 0 Å². The van der Waals surface area contributed by atoms with Crippen molar-refractivity contribution in [3.63, 3.8) is 0 Å². The molecule has 0 amide bonds. The smallest absolute Gasteiger partial charge is 0.165 e. The van der Waals surface area contributed by atoms with E-state index in [1.54, 1.807) is 12.1 Å². The molecule has 1 saturated carbocycles. The van der Waals surface area contributed by atoms with E-state index in [9.17, 15) is 4.39 Å². The van der Waals surface area contributed by atoms with Gasteiger partial charge in [0.1, 0.15) is 0 Å². The van der Waals surface area contributed by atoms with E-state index in [1.165, 1.54) is 52.1 Å². The molecule has 2 rings (SSSR count). The molecule has 20 heavy (non-hydrogen) atoms. The van der Waals surface area contributed by atoms with Crippen LogP contribution in [0.3, 0.4) is 0 Å². The van der Waals surface area contributed by atoms with Crippen molar-refractivity contribution < 1.29 is 9.13 Å². The van der Waals surface area contributed by atoms with Crippen molar-refractivity contribution in [2.24, 2.45) is 0 Å². The number of hydrogen-bond acceptors (Lipinski definition) is 2. The lowest BCUT2D eigenvalue weighted by atomic mass is 9.95. The zero-order valence-corrected chi connectivity index (χ0v) is 12.6. The highest BCUT2D eigenvalue weighted by molar-refractivity contribution is 5.30. The zero-order valence-electron chi connectivity index (χ0n) is 12.6. The molecule has 1 unspecified atom stereocenters. The van der Waals surface area contributed by atoms with E-state index in [2.05, 4.69) is 12.2 Å². The summed E-state index contributed by atoms with van der Waals surface area (Å²) in [5, 5.41) is 3.66. The molecular weight excluding hydrogens is 253 g/mol. The van der Waals surface area contributed by atoms with Gasteiger partial charge in [-0.15, -0.1) is 0 Å². The molecule has 1 fully saturated rings. The molecule has 0 aliphatic heterocycles. The summed E-state index contributed by atoms with van der Waals surface area (Å²) in [5.74, 6) is 0.0308. The van der Waals surface area contributed by atoms with Gasteiger partial charge in [-0.2, -0.15) is 0 Å². The lowest BCUT2D eigenvalue weighted by Gasteiger charge is -2.25. The van der Waals surface area contributed by atoms with Crippen LogP contribution < -0.4 is 10.1 Å². The van der Waals surface area contributed by atoms with E-state index in [-0.39, 0.29) is 11.9 Å². The first kappa shape index (κ1) is 15.3. The third-order valence-electron chi connectivity index (χ3n) is 4.27. The lowest BCUT2D eigenvalue weighted by molar-refractivity contribution is 0.360. The normalized spacial score (nSPS) is 19.1. The van der Waals surface area contributed by atoms with Crippen molar-refractivity contribution >= 4 is 0 Å². The van der Waals surface area contributed by atoms with Gasteiger partial charge in [-0.3, -0.25) is 0 Å². The number of hydrogen-bond donors (Lipinski definition) is 1. The Hall–Kier alpha value is -1.09.